The Kier molecular flexibility index (Phi) is 3.52. The molecule has 25 heavy (non-hydrogen) atoms. The second kappa shape index (κ2) is 5.61. The molecule has 0 N–H and O–H groups in total. The molecule has 1 aliphatic carbocycles. The third kappa shape index (κ3) is 2.47. The summed E-state index contributed by atoms with van der Waals surface area (Å²) in [7, 11) is 0. The van der Waals surface area contributed by atoms with Crippen molar-refractivity contribution in [1.82, 2.24) is 0 Å². The summed E-state index contributed by atoms with van der Waals surface area (Å²) < 4.78 is 40.6. The number of nitrogens with zero attached hydrogens (tertiary/aromatic N) is 2. The summed E-state index contributed by atoms with van der Waals surface area (Å²) in [6, 6.07) is 8.50. The van der Waals surface area contributed by atoms with Gasteiger partial charge in [0.15, 0.2) is 17.5 Å². The van der Waals surface area contributed by atoms with Gasteiger partial charge in [-0.05, 0) is 37.1 Å². The minimum absolute atomic E-state index is 0.117. The largest absolute Gasteiger partial charge is 0.306 e. The van der Waals surface area contributed by atoms with Crippen LogP contribution in [-0.4, -0.2) is 24.4 Å². The maximum atomic E-state index is 14.0. The molecular formula is C18H13F3N2O2. The maximum Gasteiger partial charge on any atom is 0.261 e. The molecule has 1 aliphatic heterocycles. The monoisotopic (exact) mass is 346 g/mol. The van der Waals surface area contributed by atoms with Gasteiger partial charge in [-0.3, -0.25) is 14.5 Å². The van der Waals surface area contributed by atoms with Gasteiger partial charge in [-0.1, -0.05) is 12.1 Å². The zero-order valence-electron chi connectivity index (χ0n) is 13.0. The van der Waals surface area contributed by atoms with E-state index in [2.05, 4.69) is 0 Å². The van der Waals surface area contributed by atoms with E-state index in [0.29, 0.717) is 17.4 Å². The van der Waals surface area contributed by atoms with Crippen molar-refractivity contribution in [2.24, 2.45) is 0 Å². The number of anilines is 2. The van der Waals surface area contributed by atoms with Crippen molar-refractivity contribution in [3.63, 3.8) is 0 Å². The first-order valence-corrected chi connectivity index (χ1v) is 7.85. The van der Waals surface area contributed by atoms with Crippen LogP contribution in [0.15, 0.2) is 36.4 Å². The second-order valence-corrected chi connectivity index (χ2v) is 6.10. The van der Waals surface area contributed by atoms with Crippen LogP contribution in [-0.2, 0) is 4.79 Å². The molecule has 0 saturated heterocycles. The summed E-state index contributed by atoms with van der Waals surface area (Å²) in [6.45, 7) is -0.273. The van der Waals surface area contributed by atoms with E-state index in [1.165, 1.54) is 0 Å². The lowest BCUT2D eigenvalue weighted by Gasteiger charge is -2.36. The average molecular weight is 346 g/mol. The van der Waals surface area contributed by atoms with Crippen molar-refractivity contribution < 1.29 is 22.8 Å². The molecule has 0 unspecified atom stereocenters. The Bertz CT molecular complexity index is 896. The molecule has 0 atom stereocenters. The minimum Gasteiger partial charge on any atom is -0.306 e. The Morgan fingerprint density at radius 1 is 0.960 bits per heavy atom. The van der Waals surface area contributed by atoms with Crippen LogP contribution in [0.5, 0.6) is 0 Å². The molecule has 0 aromatic heterocycles. The fourth-order valence-corrected chi connectivity index (χ4v) is 3.08. The lowest BCUT2D eigenvalue weighted by Crippen LogP contribution is -2.49. The highest BCUT2D eigenvalue weighted by Crippen LogP contribution is 2.40. The van der Waals surface area contributed by atoms with Crippen molar-refractivity contribution in [3.8, 4) is 0 Å². The predicted molar refractivity (Wildman–Crippen MR) is 84.9 cm³/mol. The molecule has 7 heteroatoms. The van der Waals surface area contributed by atoms with Crippen LogP contribution < -0.4 is 9.80 Å². The topological polar surface area (TPSA) is 40.6 Å². The van der Waals surface area contributed by atoms with E-state index >= 15 is 0 Å². The van der Waals surface area contributed by atoms with Crippen molar-refractivity contribution in [2.45, 2.75) is 18.9 Å². The van der Waals surface area contributed by atoms with E-state index in [1.54, 1.807) is 29.2 Å². The number of para-hydroxylation sites is 2. The van der Waals surface area contributed by atoms with Gasteiger partial charge in [0.2, 0.25) is 5.91 Å². The lowest BCUT2D eigenvalue weighted by atomic mass is 10.1. The molecule has 2 aliphatic rings. The van der Waals surface area contributed by atoms with Gasteiger partial charge >= 0.3 is 0 Å². The van der Waals surface area contributed by atoms with Gasteiger partial charge in [0, 0.05) is 6.04 Å². The second-order valence-electron chi connectivity index (χ2n) is 6.10. The number of halogens is 3. The summed E-state index contributed by atoms with van der Waals surface area (Å²) in [5.74, 6) is -5.80. The highest BCUT2D eigenvalue weighted by Gasteiger charge is 2.41. The summed E-state index contributed by atoms with van der Waals surface area (Å²) in [4.78, 5) is 28.0. The van der Waals surface area contributed by atoms with Crippen molar-refractivity contribution >= 4 is 23.2 Å². The van der Waals surface area contributed by atoms with Crippen LogP contribution in [0.4, 0.5) is 24.5 Å². The molecule has 0 bridgehead atoms. The first kappa shape index (κ1) is 15.7. The maximum absolute atomic E-state index is 14.0. The highest BCUT2D eigenvalue weighted by molar-refractivity contribution is 6.16. The third-order valence-electron chi connectivity index (χ3n) is 4.42. The van der Waals surface area contributed by atoms with E-state index in [0.717, 1.165) is 23.8 Å². The standard InChI is InChI=1S/C18H13F3N2O2/c19-12-8-7-11(16(20)17(12)21)18(25)22-9-15(24)23(10-5-6-10)14-4-2-1-3-13(14)22/h1-4,7-8,10H,5-6,9H2. The molecule has 1 fully saturated rings. The Morgan fingerprint density at radius 2 is 1.64 bits per heavy atom. The van der Waals surface area contributed by atoms with E-state index in [1.807, 2.05) is 0 Å². The molecule has 4 rings (SSSR count). The van der Waals surface area contributed by atoms with Gasteiger partial charge in [-0.25, -0.2) is 13.2 Å². The highest BCUT2D eigenvalue weighted by atomic mass is 19.2. The Balaban J connectivity index is 1.78. The van der Waals surface area contributed by atoms with Crippen molar-refractivity contribution in [2.75, 3.05) is 16.3 Å². The number of amides is 2. The molecular weight excluding hydrogens is 333 g/mol. The van der Waals surface area contributed by atoms with Crippen molar-refractivity contribution in [1.29, 1.82) is 0 Å². The van der Waals surface area contributed by atoms with E-state index in [-0.39, 0.29) is 18.5 Å². The number of carbonyl (C=O) groups excluding carboxylic acids is 2. The molecule has 2 aromatic carbocycles. The van der Waals surface area contributed by atoms with Crippen LogP contribution in [0.2, 0.25) is 0 Å². The van der Waals surface area contributed by atoms with Gasteiger partial charge in [0.25, 0.3) is 5.91 Å². The molecule has 128 valence electrons. The predicted octanol–water partition coefficient (Wildman–Crippen LogP) is 3.26. The smallest absolute Gasteiger partial charge is 0.261 e. The SMILES string of the molecule is O=C(c1ccc(F)c(F)c1F)N1CC(=O)N(C2CC2)c2ccccc21. The minimum atomic E-state index is -1.71. The number of hydrogen-bond acceptors (Lipinski definition) is 2. The average Bonchev–Trinajstić information content (AvgIpc) is 3.43. The van der Waals surface area contributed by atoms with Crippen LogP contribution in [0, 0.1) is 17.5 Å². The fourth-order valence-electron chi connectivity index (χ4n) is 3.08. The van der Waals surface area contributed by atoms with Crippen LogP contribution in [0.1, 0.15) is 23.2 Å². The summed E-state index contributed by atoms with van der Waals surface area (Å²) in [5, 5.41) is 0. The van der Waals surface area contributed by atoms with E-state index in [4.69, 9.17) is 0 Å². The molecule has 0 spiro atoms. The Morgan fingerprint density at radius 3 is 2.32 bits per heavy atom. The van der Waals surface area contributed by atoms with Gasteiger partial charge in [-0.2, -0.15) is 0 Å². The summed E-state index contributed by atoms with van der Waals surface area (Å²) in [6.07, 6.45) is 1.79. The zero-order valence-corrected chi connectivity index (χ0v) is 13.0. The summed E-state index contributed by atoms with van der Waals surface area (Å²) in [5.41, 5.74) is 0.405. The van der Waals surface area contributed by atoms with Gasteiger partial charge in [0.05, 0.1) is 16.9 Å². The lowest BCUT2D eigenvalue weighted by molar-refractivity contribution is -0.117. The zero-order chi connectivity index (χ0) is 17.7. The van der Waals surface area contributed by atoms with Gasteiger partial charge < -0.3 is 4.90 Å². The number of hydrogen-bond donors (Lipinski definition) is 0. The van der Waals surface area contributed by atoms with Gasteiger partial charge in [0.1, 0.15) is 6.54 Å². The molecule has 4 nitrogen and oxygen atoms in total. The Hall–Kier alpha value is -2.83. The fraction of sp³-hybridized carbons (Fsp3) is 0.222. The third-order valence-corrected chi connectivity index (χ3v) is 4.42. The van der Waals surface area contributed by atoms with Gasteiger partial charge in [-0.15, -0.1) is 0 Å². The summed E-state index contributed by atoms with van der Waals surface area (Å²) >= 11 is 0. The molecule has 2 aromatic rings. The van der Waals surface area contributed by atoms with Crippen LogP contribution >= 0.6 is 0 Å². The first-order chi connectivity index (χ1) is 12.0. The van der Waals surface area contributed by atoms with E-state index < -0.39 is 28.9 Å². The number of carbonyl (C=O) groups is 2. The van der Waals surface area contributed by atoms with E-state index in [9.17, 15) is 22.8 Å². The molecule has 1 heterocycles. The van der Waals surface area contributed by atoms with Crippen LogP contribution in [0.25, 0.3) is 0 Å². The first-order valence-electron chi connectivity index (χ1n) is 7.85. The van der Waals surface area contributed by atoms with Crippen LogP contribution in [0.3, 0.4) is 0 Å². The Labute approximate surface area is 141 Å². The molecule has 1 saturated carbocycles. The normalized spacial score (nSPS) is 16.8. The number of rotatable bonds is 2. The molecule has 0 radical (unpaired) electrons. The quantitative estimate of drug-likeness (QED) is 0.783. The van der Waals surface area contributed by atoms with Crippen molar-refractivity contribution in [3.05, 3.63) is 59.4 Å². The molecule has 2 amide bonds. The number of fused-ring (bicyclic) bond motifs is 1. The number of benzene rings is 2.